The third kappa shape index (κ3) is 3.47. The lowest BCUT2D eigenvalue weighted by Gasteiger charge is -2.29. The number of halogens is 1. The average molecular weight is 407 g/mol. The molecule has 8 heteroatoms. The van der Waals surface area contributed by atoms with Crippen LogP contribution in [0.15, 0.2) is 54.7 Å². The number of fused-ring (bicyclic) bond motifs is 2. The fraction of sp³-hybridized carbons (Fsp3) is 0.190. The second kappa shape index (κ2) is 7.29. The van der Waals surface area contributed by atoms with Crippen LogP contribution in [-0.4, -0.2) is 33.6 Å². The van der Waals surface area contributed by atoms with E-state index in [4.69, 9.17) is 0 Å². The van der Waals surface area contributed by atoms with Crippen LogP contribution in [0.1, 0.15) is 12.0 Å². The normalized spacial score (nSPS) is 13.5. The highest BCUT2D eigenvalue weighted by Crippen LogP contribution is 2.27. The molecule has 1 amide bonds. The number of imidazole rings is 1. The van der Waals surface area contributed by atoms with Crippen molar-refractivity contribution in [2.24, 2.45) is 0 Å². The van der Waals surface area contributed by atoms with Gasteiger partial charge in [0.25, 0.3) is 0 Å². The maximum absolute atomic E-state index is 13.1. The molecular weight excluding hydrogens is 389 g/mol. The molecule has 6 nitrogen and oxygen atoms in total. The molecule has 0 fully saturated rings. The number of aromatic nitrogens is 3. The highest BCUT2D eigenvalue weighted by atomic mass is 32.1. The molecule has 1 aliphatic heterocycles. The lowest BCUT2D eigenvalue weighted by molar-refractivity contribution is -0.117. The average Bonchev–Trinajstić information content (AvgIpc) is 3.31. The number of anilines is 2. The summed E-state index contributed by atoms with van der Waals surface area (Å²) in [5.41, 5.74) is 3.78. The van der Waals surface area contributed by atoms with E-state index in [1.165, 1.54) is 29.0 Å². The minimum absolute atomic E-state index is 0.0250. The first-order valence-electron chi connectivity index (χ1n) is 9.42. The molecule has 29 heavy (non-hydrogen) atoms. The van der Waals surface area contributed by atoms with Crippen LogP contribution in [0, 0.1) is 5.82 Å². The first-order chi connectivity index (χ1) is 14.2. The molecule has 3 heterocycles. The lowest BCUT2D eigenvalue weighted by atomic mass is 10.0. The van der Waals surface area contributed by atoms with Crippen molar-refractivity contribution in [2.45, 2.75) is 12.8 Å². The molecule has 4 aromatic rings. The minimum atomic E-state index is -0.277. The van der Waals surface area contributed by atoms with Crippen molar-refractivity contribution >= 4 is 33.0 Å². The molecule has 1 aliphatic rings. The van der Waals surface area contributed by atoms with Crippen molar-refractivity contribution in [3.8, 4) is 11.3 Å². The molecule has 0 bridgehead atoms. The van der Waals surface area contributed by atoms with Crippen LogP contribution in [0.5, 0.6) is 0 Å². The fourth-order valence-corrected chi connectivity index (χ4v) is 4.35. The number of benzene rings is 2. The predicted molar refractivity (Wildman–Crippen MR) is 112 cm³/mol. The highest BCUT2D eigenvalue weighted by Gasteiger charge is 2.22. The van der Waals surface area contributed by atoms with Gasteiger partial charge in [0.15, 0.2) is 0 Å². The second-order valence-electron chi connectivity index (χ2n) is 6.90. The van der Waals surface area contributed by atoms with Crippen molar-refractivity contribution in [3.05, 3.63) is 66.1 Å². The first kappa shape index (κ1) is 17.8. The van der Waals surface area contributed by atoms with Gasteiger partial charge in [-0.1, -0.05) is 29.5 Å². The molecule has 146 valence electrons. The smallest absolute Gasteiger partial charge is 0.246 e. The number of nitrogens with one attached hydrogen (secondary N) is 1. The van der Waals surface area contributed by atoms with Gasteiger partial charge in [0.05, 0.1) is 18.4 Å². The van der Waals surface area contributed by atoms with Gasteiger partial charge in [-0.3, -0.25) is 4.79 Å². The number of hydrogen-bond donors (Lipinski definition) is 1. The van der Waals surface area contributed by atoms with Gasteiger partial charge in [-0.15, -0.1) is 5.10 Å². The SMILES string of the molecule is O=C(CNc1nn2cc(-c3ccc(F)cc3)nc2s1)N1CCCc2ccccc21. The summed E-state index contributed by atoms with van der Waals surface area (Å²) in [5.74, 6) is -0.252. The molecule has 2 aromatic heterocycles. The van der Waals surface area contributed by atoms with Crippen LogP contribution in [0.25, 0.3) is 16.2 Å². The standard InChI is InChI=1S/C21H18FN5OS/c22-16-9-7-14(8-10-16)17-13-27-21(24-17)29-20(25-27)23-12-19(28)26-11-3-5-15-4-1-2-6-18(15)26/h1-2,4,6-10,13H,3,5,11-12H2,(H,23,25). The highest BCUT2D eigenvalue weighted by molar-refractivity contribution is 7.20. The van der Waals surface area contributed by atoms with Crippen molar-refractivity contribution in [1.82, 2.24) is 14.6 Å². The van der Waals surface area contributed by atoms with Gasteiger partial charge in [0, 0.05) is 17.8 Å². The van der Waals surface area contributed by atoms with Crippen LogP contribution in [0.3, 0.4) is 0 Å². The van der Waals surface area contributed by atoms with Gasteiger partial charge in [0.1, 0.15) is 5.82 Å². The topological polar surface area (TPSA) is 62.5 Å². The molecule has 0 spiro atoms. The molecule has 0 atom stereocenters. The summed E-state index contributed by atoms with van der Waals surface area (Å²) >= 11 is 1.37. The second-order valence-corrected chi connectivity index (χ2v) is 7.85. The van der Waals surface area contributed by atoms with Crippen molar-refractivity contribution in [1.29, 1.82) is 0 Å². The van der Waals surface area contributed by atoms with E-state index in [9.17, 15) is 9.18 Å². The monoisotopic (exact) mass is 407 g/mol. The molecule has 0 saturated heterocycles. The van der Waals surface area contributed by atoms with E-state index >= 15 is 0 Å². The summed E-state index contributed by atoms with van der Waals surface area (Å²) in [7, 11) is 0. The van der Waals surface area contributed by atoms with E-state index in [-0.39, 0.29) is 18.3 Å². The fourth-order valence-electron chi connectivity index (χ4n) is 3.57. The minimum Gasteiger partial charge on any atom is -0.351 e. The zero-order valence-electron chi connectivity index (χ0n) is 15.5. The number of aryl methyl sites for hydroxylation is 1. The Kier molecular flexibility index (Phi) is 4.48. The zero-order valence-corrected chi connectivity index (χ0v) is 16.3. The Hall–Kier alpha value is -3.26. The molecule has 0 radical (unpaired) electrons. The molecule has 0 aliphatic carbocycles. The van der Waals surface area contributed by atoms with Crippen molar-refractivity contribution < 1.29 is 9.18 Å². The number of rotatable bonds is 4. The Morgan fingerprint density at radius 1 is 1.17 bits per heavy atom. The van der Waals surface area contributed by atoms with Crippen LogP contribution in [-0.2, 0) is 11.2 Å². The van der Waals surface area contributed by atoms with Gasteiger partial charge in [-0.25, -0.2) is 13.9 Å². The van der Waals surface area contributed by atoms with E-state index in [0.717, 1.165) is 36.3 Å². The molecule has 1 N–H and O–H groups in total. The Labute approximate surface area is 170 Å². The maximum atomic E-state index is 13.1. The third-order valence-electron chi connectivity index (χ3n) is 4.99. The Bertz CT molecular complexity index is 1150. The Balaban J connectivity index is 1.28. The first-order valence-corrected chi connectivity index (χ1v) is 10.2. The van der Waals surface area contributed by atoms with E-state index in [1.54, 1.807) is 22.8 Å². The lowest BCUT2D eigenvalue weighted by Crippen LogP contribution is -2.39. The van der Waals surface area contributed by atoms with Crippen LogP contribution < -0.4 is 10.2 Å². The van der Waals surface area contributed by atoms with Gasteiger partial charge in [0.2, 0.25) is 16.0 Å². The number of para-hydroxylation sites is 1. The van der Waals surface area contributed by atoms with E-state index in [1.807, 2.05) is 23.1 Å². The number of carbonyl (C=O) groups excluding carboxylic acids is 1. The third-order valence-corrected chi connectivity index (χ3v) is 5.87. The number of carbonyl (C=O) groups is 1. The maximum Gasteiger partial charge on any atom is 0.246 e. The summed E-state index contributed by atoms with van der Waals surface area (Å²) < 4.78 is 14.8. The van der Waals surface area contributed by atoms with E-state index in [0.29, 0.717) is 10.1 Å². The van der Waals surface area contributed by atoms with Gasteiger partial charge >= 0.3 is 0 Å². The molecule has 2 aromatic carbocycles. The Morgan fingerprint density at radius 2 is 2.00 bits per heavy atom. The molecule has 5 rings (SSSR count). The predicted octanol–water partition coefficient (Wildman–Crippen LogP) is 3.99. The number of nitrogens with zero attached hydrogens (tertiary/aromatic N) is 4. The van der Waals surface area contributed by atoms with E-state index < -0.39 is 0 Å². The quantitative estimate of drug-likeness (QED) is 0.556. The van der Waals surface area contributed by atoms with E-state index in [2.05, 4.69) is 21.5 Å². The van der Waals surface area contributed by atoms with Crippen molar-refractivity contribution in [2.75, 3.05) is 23.3 Å². The number of hydrogen-bond acceptors (Lipinski definition) is 5. The summed E-state index contributed by atoms with van der Waals surface area (Å²) in [5, 5.41) is 8.21. The van der Waals surface area contributed by atoms with Crippen LogP contribution in [0.2, 0.25) is 0 Å². The van der Waals surface area contributed by atoms with Crippen molar-refractivity contribution in [3.63, 3.8) is 0 Å². The largest absolute Gasteiger partial charge is 0.351 e. The zero-order chi connectivity index (χ0) is 19.8. The van der Waals surface area contributed by atoms with Gasteiger partial charge in [-0.05, 0) is 48.7 Å². The Morgan fingerprint density at radius 3 is 2.83 bits per heavy atom. The summed E-state index contributed by atoms with van der Waals surface area (Å²) in [6.07, 6.45) is 3.78. The molecule has 0 saturated carbocycles. The van der Waals surface area contributed by atoms with Crippen LogP contribution >= 0.6 is 11.3 Å². The molecular formula is C21H18FN5OS. The summed E-state index contributed by atoms with van der Waals surface area (Å²) in [6, 6.07) is 14.3. The molecule has 0 unspecified atom stereocenters. The summed E-state index contributed by atoms with van der Waals surface area (Å²) in [4.78, 5) is 19.8. The van der Waals surface area contributed by atoms with Gasteiger partial charge < -0.3 is 10.2 Å². The van der Waals surface area contributed by atoms with Crippen LogP contribution in [0.4, 0.5) is 15.2 Å². The number of amides is 1. The van der Waals surface area contributed by atoms with Gasteiger partial charge in [-0.2, -0.15) is 0 Å². The summed E-state index contributed by atoms with van der Waals surface area (Å²) in [6.45, 7) is 0.912.